The van der Waals surface area contributed by atoms with Gasteiger partial charge in [0, 0.05) is 10.2 Å². The highest BCUT2D eigenvalue weighted by atomic mass is 127. The zero-order valence-electron chi connectivity index (χ0n) is 20.9. The van der Waals surface area contributed by atoms with Crippen LogP contribution in [0, 0.1) is 10.5 Å². The van der Waals surface area contributed by atoms with Crippen LogP contribution in [-0.4, -0.2) is 37.0 Å². The van der Waals surface area contributed by atoms with Crippen molar-refractivity contribution >= 4 is 79.7 Å². The van der Waals surface area contributed by atoms with Crippen LogP contribution in [0.15, 0.2) is 70.7 Å². The quantitative estimate of drug-likeness (QED) is 0.184. The van der Waals surface area contributed by atoms with Crippen LogP contribution in [0.4, 0.5) is 16.2 Å². The Balaban J connectivity index is 1.58. The van der Waals surface area contributed by atoms with Gasteiger partial charge in [0.1, 0.15) is 5.57 Å². The van der Waals surface area contributed by atoms with E-state index < -0.39 is 17.8 Å². The molecule has 0 saturated carbocycles. The summed E-state index contributed by atoms with van der Waals surface area (Å²) in [6.07, 6.45) is 1.38. The Bertz CT molecular complexity index is 1490. The normalized spacial score (nSPS) is 14.3. The summed E-state index contributed by atoms with van der Waals surface area (Å²) in [5.41, 5.74) is 2.19. The topological polar surface area (TPSA) is 114 Å². The molecular formula is C28H23BrIN3O6. The number of nitrogens with zero attached hydrogens (tertiary/aromatic N) is 1. The minimum atomic E-state index is -0.832. The number of hydrogen-bond acceptors (Lipinski definition) is 6. The van der Waals surface area contributed by atoms with Crippen molar-refractivity contribution in [1.82, 2.24) is 5.32 Å². The van der Waals surface area contributed by atoms with Gasteiger partial charge in [-0.3, -0.25) is 19.7 Å². The van der Waals surface area contributed by atoms with Gasteiger partial charge in [0.2, 0.25) is 0 Å². The van der Waals surface area contributed by atoms with Crippen LogP contribution < -0.4 is 25.0 Å². The summed E-state index contributed by atoms with van der Waals surface area (Å²) in [6, 6.07) is 16.4. The zero-order chi connectivity index (χ0) is 28.1. The molecule has 9 nitrogen and oxygen atoms in total. The third-order valence-electron chi connectivity index (χ3n) is 5.60. The number of nitrogens with one attached hydrogen (secondary N) is 2. The van der Waals surface area contributed by atoms with Crippen LogP contribution in [0.2, 0.25) is 0 Å². The van der Waals surface area contributed by atoms with Gasteiger partial charge >= 0.3 is 6.03 Å². The molecule has 0 bridgehead atoms. The number of carbonyl (C=O) groups excluding carboxylic acids is 4. The molecule has 3 aromatic rings. The van der Waals surface area contributed by atoms with E-state index in [0.717, 1.165) is 14.9 Å². The Hall–Kier alpha value is -3.71. The van der Waals surface area contributed by atoms with E-state index in [2.05, 4.69) is 26.6 Å². The number of hydrogen-bond donors (Lipinski definition) is 2. The Morgan fingerprint density at radius 1 is 1.08 bits per heavy atom. The summed E-state index contributed by atoms with van der Waals surface area (Å²) < 4.78 is 12.9. The molecule has 5 amide bonds. The molecule has 0 aliphatic carbocycles. The highest BCUT2D eigenvalue weighted by Gasteiger charge is 2.36. The molecule has 0 radical (unpaired) electrons. The standard InChI is InChI=1S/C28H23BrIN3O6/c1-3-38-23-14-17(13-21(30)25(23)39-15-24(34)31-22-7-5-4-6-16(22)2)12-20-26(35)32-28(37)33(27(20)36)19-10-8-18(29)9-11-19/h4-14H,3,15H2,1-2H3,(H,31,34)(H,32,35,37)/b20-12+. The van der Waals surface area contributed by atoms with Gasteiger partial charge in [-0.15, -0.1) is 0 Å². The number of benzene rings is 3. The number of para-hydroxylation sites is 1. The lowest BCUT2D eigenvalue weighted by Crippen LogP contribution is -2.54. The molecular weight excluding hydrogens is 681 g/mol. The van der Waals surface area contributed by atoms with Crippen molar-refractivity contribution in [2.24, 2.45) is 0 Å². The van der Waals surface area contributed by atoms with Gasteiger partial charge in [-0.05, 0) is 96.1 Å². The molecule has 1 heterocycles. The zero-order valence-corrected chi connectivity index (χ0v) is 24.7. The van der Waals surface area contributed by atoms with E-state index in [1.807, 2.05) is 47.7 Å². The lowest BCUT2D eigenvalue weighted by atomic mass is 10.1. The second-order valence-electron chi connectivity index (χ2n) is 8.35. The van der Waals surface area contributed by atoms with Gasteiger partial charge in [0.05, 0.1) is 15.9 Å². The van der Waals surface area contributed by atoms with E-state index in [1.54, 1.807) is 49.4 Å². The van der Waals surface area contributed by atoms with Crippen LogP contribution >= 0.6 is 38.5 Å². The minimum absolute atomic E-state index is 0.220. The molecule has 0 spiro atoms. The van der Waals surface area contributed by atoms with Gasteiger partial charge in [0.15, 0.2) is 18.1 Å². The lowest BCUT2D eigenvalue weighted by Gasteiger charge is -2.26. The number of imide groups is 2. The maximum atomic E-state index is 13.2. The van der Waals surface area contributed by atoms with Gasteiger partial charge < -0.3 is 14.8 Å². The van der Waals surface area contributed by atoms with Crippen LogP contribution in [-0.2, 0) is 14.4 Å². The predicted molar refractivity (Wildman–Crippen MR) is 159 cm³/mol. The molecule has 11 heteroatoms. The van der Waals surface area contributed by atoms with Crippen LogP contribution in [0.25, 0.3) is 6.08 Å². The molecule has 0 atom stereocenters. The predicted octanol–water partition coefficient (Wildman–Crippen LogP) is 5.44. The van der Waals surface area contributed by atoms with Gasteiger partial charge in [-0.1, -0.05) is 34.1 Å². The summed E-state index contributed by atoms with van der Waals surface area (Å²) in [5.74, 6) is -1.21. The van der Waals surface area contributed by atoms with E-state index in [0.29, 0.717) is 38.6 Å². The molecule has 200 valence electrons. The fourth-order valence-electron chi connectivity index (χ4n) is 3.76. The third-order valence-corrected chi connectivity index (χ3v) is 6.93. The van der Waals surface area contributed by atoms with E-state index in [9.17, 15) is 19.2 Å². The van der Waals surface area contributed by atoms with Crippen molar-refractivity contribution in [1.29, 1.82) is 0 Å². The van der Waals surface area contributed by atoms with Crippen molar-refractivity contribution in [3.8, 4) is 11.5 Å². The third kappa shape index (κ3) is 6.66. The van der Waals surface area contributed by atoms with Gasteiger partial charge in [-0.25, -0.2) is 9.69 Å². The van der Waals surface area contributed by atoms with Crippen molar-refractivity contribution in [2.45, 2.75) is 13.8 Å². The molecule has 2 N–H and O–H groups in total. The van der Waals surface area contributed by atoms with Gasteiger partial charge in [0.25, 0.3) is 17.7 Å². The number of ether oxygens (including phenoxy) is 2. The number of anilines is 2. The van der Waals surface area contributed by atoms with E-state index >= 15 is 0 Å². The first-order chi connectivity index (χ1) is 18.7. The average molecular weight is 704 g/mol. The smallest absolute Gasteiger partial charge is 0.335 e. The molecule has 0 unspecified atom stereocenters. The minimum Gasteiger partial charge on any atom is -0.490 e. The van der Waals surface area contributed by atoms with E-state index in [-0.39, 0.29) is 18.1 Å². The Morgan fingerprint density at radius 3 is 2.49 bits per heavy atom. The largest absolute Gasteiger partial charge is 0.490 e. The molecule has 4 rings (SSSR count). The summed E-state index contributed by atoms with van der Waals surface area (Å²) in [6.45, 7) is 3.75. The van der Waals surface area contributed by atoms with Crippen molar-refractivity contribution < 1.29 is 28.7 Å². The first-order valence-electron chi connectivity index (χ1n) is 11.8. The Kier molecular flexibility index (Phi) is 9.02. The number of carbonyl (C=O) groups is 4. The molecule has 1 saturated heterocycles. The molecule has 39 heavy (non-hydrogen) atoms. The molecule has 0 aromatic heterocycles. The fraction of sp³-hybridized carbons (Fsp3) is 0.143. The molecule has 1 aliphatic heterocycles. The highest BCUT2D eigenvalue weighted by Crippen LogP contribution is 2.35. The number of aryl methyl sites for hydroxylation is 1. The number of amides is 5. The van der Waals surface area contributed by atoms with Gasteiger partial charge in [-0.2, -0.15) is 0 Å². The SMILES string of the molecule is CCOc1cc(/C=C2\C(=O)NC(=O)N(c3ccc(Br)cc3)C2=O)cc(I)c1OCC(=O)Nc1ccccc1C. The number of barbiturate groups is 1. The van der Waals surface area contributed by atoms with E-state index in [4.69, 9.17) is 9.47 Å². The monoisotopic (exact) mass is 703 g/mol. The molecule has 1 aliphatic rings. The van der Waals surface area contributed by atoms with E-state index in [1.165, 1.54) is 6.08 Å². The Morgan fingerprint density at radius 2 is 1.79 bits per heavy atom. The first-order valence-corrected chi connectivity index (χ1v) is 13.7. The summed E-state index contributed by atoms with van der Waals surface area (Å²) in [4.78, 5) is 51.7. The summed E-state index contributed by atoms with van der Waals surface area (Å²) in [7, 11) is 0. The fourth-order valence-corrected chi connectivity index (χ4v) is 4.81. The first kappa shape index (κ1) is 28.3. The van der Waals surface area contributed by atoms with Crippen LogP contribution in [0.3, 0.4) is 0 Å². The lowest BCUT2D eigenvalue weighted by molar-refractivity contribution is -0.122. The van der Waals surface area contributed by atoms with Crippen LogP contribution in [0.1, 0.15) is 18.1 Å². The maximum absolute atomic E-state index is 13.2. The second-order valence-corrected chi connectivity index (χ2v) is 10.4. The Labute approximate surface area is 246 Å². The van der Waals surface area contributed by atoms with Crippen molar-refractivity contribution in [3.63, 3.8) is 0 Å². The highest BCUT2D eigenvalue weighted by molar-refractivity contribution is 14.1. The number of halogens is 2. The summed E-state index contributed by atoms with van der Waals surface area (Å²) >= 11 is 5.35. The second kappa shape index (κ2) is 12.4. The van der Waals surface area contributed by atoms with Crippen LogP contribution in [0.5, 0.6) is 11.5 Å². The molecule has 1 fully saturated rings. The number of rotatable bonds is 8. The number of urea groups is 1. The average Bonchev–Trinajstić information content (AvgIpc) is 2.88. The van der Waals surface area contributed by atoms with Crippen molar-refractivity contribution in [2.75, 3.05) is 23.4 Å². The van der Waals surface area contributed by atoms with Crippen molar-refractivity contribution in [3.05, 3.63) is 85.4 Å². The summed E-state index contributed by atoms with van der Waals surface area (Å²) in [5, 5.41) is 5.03. The molecule has 3 aromatic carbocycles. The maximum Gasteiger partial charge on any atom is 0.335 e.